The van der Waals surface area contributed by atoms with E-state index in [1.165, 1.54) is 16.0 Å². The Morgan fingerprint density at radius 3 is 2.32 bits per heavy atom. The Labute approximate surface area is 183 Å². The third-order valence-corrected chi connectivity index (χ3v) is 7.38. The zero-order valence-corrected chi connectivity index (χ0v) is 18.2. The first kappa shape index (κ1) is 19.8. The molecule has 4 aliphatic rings. The van der Waals surface area contributed by atoms with Gasteiger partial charge in [-0.3, -0.25) is 9.69 Å². The first-order valence-electron chi connectivity index (χ1n) is 11.1. The van der Waals surface area contributed by atoms with Gasteiger partial charge in [-0.15, -0.1) is 0 Å². The zero-order valence-electron chi connectivity index (χ0n) is 18.2. The van der Waals surface area contributed by atoms with E-state index in [1.54, 1.807) is 0 Å². The molecule has 0 aromatic heterocycles. The van der Waals surface area contributed by atoms with Crippen LogP contribution in [0.1, 0.15) is 42.5 Å². The molecule has 0 unspecified atom stereocenters. The van der Waals surface area contributed by atoms with Crippen LogP contribution in [0.25, 0.3) is 0 Å². The number of rotatable bonds is 3. The minimum absolute atomic E-state index is 0.0282. The Kier molecular flexibility index (Phi) is 4.62. The SMILES string of the molecule is Cc1ccc([C@@H]2C3C=CC4(C=C3)C(=O)N(C(=O)N[C@@H](C)c3ccccc3)[C@H](C)[C@@H]24)cc1. The number of hydrogen-bond donors (Lipinski definition) is 1. The molecular weight excluding hydrogens is 384 g/mol. The largest absolute Gasteiger partial charge is 0.331 e. The van der Waals surface area contributed by atoms with Crippen LogP contribution >= 0.6 is 0 Å². The van der Waals surface area contributed by atoms with Gasteiger partial charge in [-0.2, -0.15) is 0 Å². The molecular formula is C27H28N2O2. The maximum absolute atomic E-state index is 13.7. The van der Waals surface area contributed by atoms with Crippen molar-refractivity contribution in [2.24, 2.45) is 17.3 Å². The third kappa shape index (κ3) is 2.96. The fraction of sp³-hybridized carbons (Fsp3) is 0.333. The standard InChI is InChI=1S/C27H28N2O2/c1-17-9-11-21(12-10-17)23-22-13-15-27(16-14-22)24(23)19(3)29(25(27)30)26(31)28-18(2)20-7-5-4-6-8-20/h4-16,18-19,22-24H,1-3H3,(H,28,31)/t18-,19+,22?,23+,24-,27?/m0/s1. The van der Waals surface area contributed by atoms with Gasteiger partial charge >= 0.3 is 6.03 Å². The molecule has 4 atom stereocenters. The molecule has 1 fully saturated rings. The highest BCUT2D eigenvalue weighted by Gasteiger charge is 2.63. The summed E-state index contributed by atoms with van der Waals surface area (Å²) in [5, 5.41) is 3.04. The molecule has 2 aromatic rings. The van der Waals surface area contributed by atoms with E-state index in [0.717, 1.165) is 5.56 Å². The van der Waals surface area contributed by atoms with Gasteiger partial charge in [0.05, 0.1) is 11.5 Å². The maximum atomic E-state index is 13.7. The molecule has 6 rings (SSSR count). The van der Waals surface area contributed by atoms with Crippen LogP contribution in [0.15, 0.2) is 78.9 Å². The van der Waals surface area contributed by atoms with Crippen LogP contribution in [0.4, 0.5) is 4.79 Å². The number of nitrogens with one attached hydrogen (secondary N) is 1. The number of imide groups is 1. The number of hydrogen-bond acceptors (Lipinski definition) is 2. The highest BCUT2D eigenvalue weighted by atomic mass is 16.2. The van der Waals surface area contributed by atoms with E-state index >= 15 is 0 Å². The quantitative estimate of drug-likeness (QED) is 0.710. The third-order valence-electron chi connectivity index (χ3n) is 7.38. The molecule has 4 nitrogen and oxygen atoms in total. The number of carbonyl (C=O) groups excluding carboxylic acids is 2. The number of aryl methyl sites for hydroxylation is 1. The van der Waals surface area contributed by atoms with E-state index in [-0.39, 0.29) is 41.8 Å². The molecule has 0 saturated carbocycles. The molecule has 2 aromatic carbocycles. The van der Waals surface area contributed by atoms with Crippen molar-refractivity contribution in [1.82, 2.24) is 10.2 Å². The summed E-state index contributed by atoms with van der Waals surface area (Å²) in [6, 6.07) is 17.8. The molecule has 1 N–H and O–H groups in total. The summed E-state index contributed by atoms with van der Waals surface area (Å²) in [5.41, 5.74) is 2.73. The average Bonchev–Trinajstić information content (AvgIpc) is 3.02. The smallest absolute Gasteiger partial charge is 0.324 e. The van der Waals surface area contributed by atoms with Crippen molar-refractivity contribution in [3.05, 3.63) is 95.6 Å². The van der Waals surface area contributed by atoms with Gasteiger partial charge in [0.25, 0.3) is 0 Å². The molecule has 1 heterocycles. The summed E-state index contributed by atoms with van der Waals surface area (Å²) in [4.78, 5) is 28.4. The molecule has 1 saturated heterocycles. The molecule has 1 spiro atoms. The monoisotopic (exact) mass is 412 g/mol. The van der Waals surface area contributed by atoms with Crippen molar-refractivity contribution in [2.75, 3.05) is 0 Å². The lowest BCUT2D eigenvalue weighted by Gasteiger charge is -2.45. The number of allylic oxidation sites excluding steroid dienone is 2. The first-order chi connectivity index (χ1) is 14.9. The summed E-state index contributed by atoms with van der Waals surface area (Å²) in [6.07, 6.45) is 8.39. The Morgan fingerprint density at radius 2 is 1.68 bits per heavy atom. The van der Waals surface area contributed by atoms with Crippen LogP contribution in [0.5, 0.6) is 0 Å². The Morgan fingerprint density at radius 1 is 1.03 bits per heavy atom. The number of likely N-dealkylation sites (tertiary alicyclic amines) is 1. The van der Waals surface area contributed by atoms with Crippen LogP contribution in [0.2, 0.25) is 0 Å². The lowest BCUT2D eigenvalue weighted by atomic mass is 9.56. The van der Waals surface area contributed by atoms with E-state index in [4.69, 9.17) is 0 Å². The topological polar surface area (TPSA) is 49.4 Å². The summed E-state index contributed by atoms with van der Waals surface area (Å²) in [5.74, 6) is 0.334. The second-order valence-electron chi connectivity index (χ2n) is 9.19. The average molecular weight is 413 g/mol. The number of benzene rings is 2. The van der Waals surface area contributed by atoms with E-state index in [0.29, 0.717) is 0 Å². The molecule has 31 heavy (non-hydrogen) atoms. The van der Waals surface area contributed by atoms with Crippen molar-refractivity contribution < 1.29 is 9.59 Å². The van der Waals surface area contributed by atoms with Gasteiger partial charge in [-0.1, -0.05) is 84.5 Å². The Bertz CT molecular complexity index is 1060. The number of nitrogens with zero attached hydrogens (tertiary/aromatic N) is 1. The van der Waals surface area contributed by atoms with Gasteiger partial charge in [0.15, 0.2) is 0 Å². The van der Waals surface area contributed by atoms with Crippen molar-refractivity contribution >= 4 is 11.9 Å². The Balaban J connectivity index is 1.47. The van der Waals surface area contributed by atoms with Crippen LogP contribution in [0, 0.1) is 24.2 Å². The molecule has 3 aliphatic carbocycles. The molecule has 0 radical (unpaired) electrons. The van der Waals surface area contributed by atoms with Gasteiger partial charge in [-0.25, -0.2) is 4.79 Å². The highest BCUT2D eigenvalue weighted by Crippen LogP contribution is 2.59. The van der Waals surface area contributed by atoms with E-state index in [9.17, 15) is 9.59 Å². The summed E-state index contributed by atoms with van der Waals surface area (Å²) < 4.78 is 0. The van der Waals surface area contributed by atoms with Crippen molar-refractivity contribution in [1.29, 1.82) is 0 Å². The van der Waals surface area contributed by atoms with Gasteiger partial charge < -0.3 is 5.32 Å². The lowest BCUT2D eigenvalue weighted by molar-refractivity contribution is -0.131. The van der Waals surface area contributed by atoms with Crippen molar-refractivity contribution in [3.8, 4) is 0 Å². The summed E-state index contributed by atoms with van der Waals surface area (Å²) >= 11 is 0. The fourth-order valence-electron chi connectivity index (χ4n) is 5.77. The van der Waals surface area contributed by atoms with Gasteiger partial charge in [0.1, 0.15) is 0 Å². The second-order valence-corrected chi connectivity index (χ2v) is 9.19. The summed E-state index contributed by atoms with van der Waals surface area (Å²) in [6.45, 7) is 6.05. The minimum atomic E-state index is -0.739. The number of carbonyl (C=O) groups is 2. The normalized spacial score (nSPS) is 31.6. The van der Waals surface area contributed by atoms with Crippen LogP contribution in [0.3, 0.4) is 0 Å². The Hall–Kier alpha value is -3.14. The van der Waals surface area contributed by atoms with Gasteiger partial charge in [0, 0.05) is 23.8 Å². The molecule has 1 aliphatic heterocycles. The number of urea groups is 1. The van der Waals surface area contributed by atoms with E-state index in [2.05, 4.69) is 48.7 Å². The minimum Gasteiger partial charge on any atom is -0.331 e. The van der Waals surface area contributed by atoms with Crippen LogP contribution in [-0.2, 0) is 4.79 Å². The fourth-order valence-corrected chi connectivity index (χ4v) is 5.77. The molecule has 3 amide bonds. The van der Waals surface area contributed by atoms with E-state index < -0.39 is 5.41 Å². The van der Waals surface area contributed by atoms with Crippen LogP contribution in [-0.4, -0.2) is 22.9 Å². The first-order valence-corrected chi connectivity index (χ1v) is 11.1. The highest BCUT2D eigenvalue weighted by molar-refractivity contribution is 6.03. The van der Waals surface area contributed by atoms with E-state index in [1.807, 2.05) is 56.3 Å². The zero-order chi connectivity index (χ0) is 21.8. The maximum Gasteiger partial charge on any atom is 0.324 e. The van der Waals surface area contributed by atoms with Gasteiger partial charge in [0.2, 0.25) is 5.91 Å². The number of amides is 3. The lowest BCUT2D eigenvalue weighted by Crippen LogP contribution is -2.46. The predicted molar refractivity (Wildman–Crippen MR) is 121 cm³/mol. The van der Waals surface area contributed by atoms with Crippen LogP contribution < -0.4 is 5.32 Å². The van der Waals surface area contributed by atoms with Crippen molar-refractivity contribution in [3.63, 3.8) is 0 Å². The molecule has 2 bridgehead atoms. The van der Waals surface area contributed by atoms with Crippen molar-refractivity contribution in [2.45, 2.75) is 38.8 Å². The predicted octanol–water partition coefficient (Wildman–Crippen LogP) is 5.14. The molecule has 4 heteroatoms. The molecule has 158 valence electrons. The second kappa shape index (κ2) is 7.23. The summed E-state index contributed by atoms with van der Waals surface area (Å²) in [7, 11) is 0. The van der Waals surface area contributed by atoms with Gasteiger partial charge in [-0.05, 0) is 31.9 Å².